The van der Waals surface area contributed by atoms with Crippen LogP contribution in [0.3, 0.4) is 0 Å². The Morgan fingerprint density at radius 2 is 1.73 bits per heavy atom. The number of nitrogens with zero attached hydrogens (tertiary/aromatic N) is 2. The number of aryl methyl sites for hydroxylation is 1. The molecule has 10 heteroatoms. The fraction of sp³-hybridized carbons (Fsp3) is 0.250. The standard InChI is InChI=1S/C20H22N4O4S2/c1-13(2)28-17-10-6-15(7-11-17)12-21-30(26,27)20-24-23-19(29-20)22-18(25)16-8-4-14(3)5-9-16/h4-11,13,21H,12H2,1-3H3,(H,22,23,25). The molecule has 0 spiro atoms. The number of benzene rings is 2. The van der Waals surface area contributed by atoms with Crippen LogP contribution in [0.5, 0.6) is 5.75 Å². The summed E-state index contributed by atoms with van der Waals surface area (Å²) in [5.41, 5.74) is 2.25. The average molecular weight is 447 g/mol. The van der Waals surface area contributed by atoms with Crippen LogP contribution in [0.15, 0.2) is 52.9 Å². The molecule has 0 aliphatic heterocycles. The van der Waals surface area contributed by atoms with Crippen molar-refractivity contribution in [1.82, 2.24) is 14.9 Å². The monoisotopic (exact) mass is 446 g/mol. The third-order valence-corrected chi connectivity index (χ3v) is 6.54. The van der Waals surface area contributed by atoms with E-state index in [1.165, 1.54) is 0 Å². The van der Waals surface area contributed by atoms with Crippen molar-refractivity contribution in [3.05, 3.63) is 65.2 Å². The Kier molecular flexibility index (Phi) is 6.80. The Balaban J connectivity index is 1.60. The third-order valence-electron chi connectivity index (χ3n) is 3.93. The largest absolute Gasteiger partial charge is 0.491 e. The van der Waals surface area contributed by atoms with E-state index in [0.29, 0.717) is 5.56 Å². The van der Waals surface area contributed by atoms with Crippen molar-refractivity contribution < 1.29 is 17.9 Å². The van der Waals surface area contributed by atoms with Crippen molar-refractivity contribution in [2.75, 3.05) is 5.32 Å². The van der Waals surface area contributed by atoms with Crippen LogP contribution in [-0.4, -0.2) is 30.6 Å². The smallest absolute Gasteiger partial charge is 0.270 e. The maximum absolute atomic E-state index is 12.5. The molecule has 0 unspecified atom stereocenters. The summed E-state index contributed by atoms with van der Waals surface area (Å²) < 4.78 is 32.8. The van der Waals surface area contributed by atoms with Gasteiger partial charge in [-0.2, -0.15) is 0 Å². The predicted octanol–water partition coefficient (Wildman–Crippen LogP) is 3.36. The van der Waals surface area contributed by atoms with Crippen LogP contribution in [0.2, 0.25) is 0 Å². The Morgan fingerprint density at radius 3 is 2.37 bits per heavy atom. The molecular formula is C20H22N4O4S2. The number of amides is 1. The molecule has 0 saturated heterocycles. The van der Waals surface area contributed by atoms with Gasteiger partial charge < -0.3 is 4.74 Å². The summed E-state index contributed by atoms with van der Waals surface area (Å²) in [7, 11) is -3.86. The van der Waals surface area contributed by atoms with E-state index in [9.17, 15) is 13.2 Å². The molecule has 0 aliphatic carbocycles. The zero-order valence-corrected chi connectivity index (χ0v) is 18.4. The molecule has 2 N–H and O–H groups in total. The normalized spacial score (nSPS) is 11.5. The first-order valence-corrected chi connectivity index (χ1v) is 11.5. The summed E-state index contributed by atoms with van der Waals surface area (Å²) in [6.45, 7) is 5.88. The molecule has 3 rings (SSSR count). The molecule has 3 aromatic rings. The second kappa shape index (κ2) is 9.33. The number of hydrogen-bond donors (Lipinski definition) is 2. The molecule has 1 amide bonds. The number of carbonyl (C=O) groups excluding carboxylic acids is 1. The number of carbonyl (C=O) groups is 1. The molecule has 0 atom stereocenters. The number of aromatic nitrogens is 2. The molecule has 2 aromatic carbocycles. The highest BCUT2D eigenvalue weighted by Gasteiger charge is 2.21. The molecule has 0 fully saturated rings. The lowest BCUT2D eigenvalue weighted by atomic mass is 10.1. The summed E-state index contributed by atoms with van der Waals surface area (Å²) >= 11 is 0.786. The summed E-state index contributed by atoms with van der Waals surface area (Å²) in [6, 6.07) is 14.1. The van der Waals surface area contributed by atoms with Crippen molar-refractivity contribution >= 4 is 32.4 Å². The van der Waals surface area contributed by atoms with Gasteiger partial charge in [0.25, 0.3) is 15.9 Å². The van der Waals surface area contributed by atoms with E-state index in [4.69, 9.17) is 4.74 Å². The van der Waals surface area contributed by atoms with E-state index in [1.807, 2.05) is 32.9 Å². The quantitative estimate of drug-likeness (QED) is 0.514. The molecule has 8 nitrogen and oxygen atoms in total. The minimum Gasteiger partial charge on any atom is -0.491 e. The molecular weight excluding hydrogens is 424 g/mol. The van der Waals surface area contributed by atoms with Crippen LogP contribution < -0.4 is 14.8 Å². The van der Waals surface area contributed by atoms with Gasteiger partial charge in [-0.25, -0.2) is 13.1 Å². The van der Waals surface area contributed by atoms with Gasteiger partial charge in [0.05, 0.1) is 6.10 Å². The number of sulfonamides is 1. The van der Waals surface area contributed by atoms with Gasteiger partial charge in [-0.05, 0) is 50.6 Å². The average Bonchev–Trinajstić information content (AvgIpc) is 3.17. The van der Waals surface area contributed by atoms with Crippen LogP contribution in [0.1, 0.15) is 35.3 Å². The second-order valence-corrected chi connectivity index (χ2v) is 9.75. The van der Waals surface area contributed by atoms with Gasteiger partial charge in [0, 0.05) is 12.1 Å². The Labute approximate surface area is 179 Å². The van der Waals surface area contributed by atoms with Crippen LogP contribution in [0.4, 0.5) is 5.13 Å². The second-order valence-electron chi connectivity index (χ2n) is 6.83. The molecule has 0 saturated carbocycles. The van der Waals surface area contributed by atoms with Crippen molar-refractivity contribution in [3.8, 4) is 5.75 Å². The lowest BCUT2D eigenvalue weighted by Crippen LogP contribution is -2.23. The van der Waals surface area contributed by atoms with Gasteiger partial charge in [-0.15, -0.1) is 10.2 Å². The summed E-state index contributed by atoms with van der Waals surface area (Å²) in [5.74, 6) is 0.335. The van der Waals surface area contributed by atoms with Crippen molar-refractivity contribution in [2.24, 2.45) is 0 Å². The SMILES string of the molecule is Cc1ccc(C(=O)Nc2nnc(S(=O)(=O)NCc3ccc(OC(C)C)cc3)s2)cc1. The first-order valence-electron chi connectivity index (χ1n) is 9.20. The maximum Gasteiger partial charge on any atom is 0.270 e. The van der Waals surface area contributed by atoms with E-state index >= 15 is 0 Å². The van der Waals surface area contributed by atoms with Crippen molar-refractivity contribution in [1.29, 1.82) is 0 Å². The fourth-order valence-electron chi connectivity index (χ4n) is 2.44. The molecule has 30 heavy (non-hydrogen) atoms. The highest BCUT2D eigenvalue weighted by atomic mass is 32.2. The van der Waals surface area contributed by atoms with Gasteiger partial charge in [0.15, 0.2) is 0 Å². The molecule has 1 aromatic heterocycles. The molecule has 0 bridgehead atoms. The molecule has 1 heterocycles. The summed E-state index contributed by atoms with van der Waals surface area (Å²) in [6.07, 6.45) is 0.0625. The van der Waals surface area contributed by atoms with Crippen molar-refractivity contribution in [2.45, 2.75) is 37.8 Å². The Morgan fingerprint density at radius 1 is 1.07 bits per heavy atom. The number of hydrogen-bond acceptors (Lipinski definition) is 7. The fourth-order valence-corrected chi connectivity index (χ4v) is 4.39. The topological polar surface area (TPSA) is 110 Å². The first kappa shape index (κ1) is 21.9. The molecule has 0 radical (unpaired) electrons. The Bertz CT molecular complexity index is 1110. The van der Waals surface area contributed by atoms with E-state index in [1.54, 1.807) is 36.4 Å². The van der Waals surface area contributed by atoms with E-state index in [0.717, 1.165) is 28.2 Å². The lowest BCUT2D eigenvalue weighted by Gasteiger charge is -2.10. The predicted molar refractivity (Wildman–Crippen MR) is 115 cm³/mol. The van der Waals surface area contributed by atoms with Gasteiger partial charge >= 0.3 is 0 Å². The molecule has 0 aliphatic rings. The summed E-state index contributed by atoms with van der Waals surface area (Å²) in [5, 5.41) is 10.1. The third kappa shape index (κ3) is 5.85. The van der Waals surface area contributed by atoms with E-state index < -0.39 is 10.0 Å². The zero-order chi connectivity index (χ0) is 21.7. The first-order chi connectivity index (χ1) is 14.2. The number of ether oxygens (including phenoxy) is 1. The highest BCUT2D eigenvalue weighted by molar-refractivity contribution is 7.91. The van der Waals surface area contributed by atoms with Gasteiger partial charge in [0.2, 0.25) is 9.47 Å². The maximum atomic E-state index is 12.5. The number of anilines is 1. The van der Waals surface area contributed by atoms with Crippen LogP contribution in [-0.2, 0) is 16.6 Å². The van der Waals surface area contributed by atoms with Crippen LogP contribution >= 0.6 is 11.3 Å². The lowest BCUT2D eigenvalue weighted by molar-refractivity contribution is 0.102. The number of rotatable bonds is 8. The summed E-state index contributed by atoms with van der Waals surface area (Å²) in [4.78, 5) is 12.2. The highest BCUT2D eigenvalue weighted by Crippen LogP contribution is 2.21. The van der Waals surface area contributed by atoms with Gasteiger partial charge in [-0.3, -0.25) is 10.1 Å². The van der Waals surface area contributed by atoms with E-state index in [2.05, 4.69) is 20.2 Å². The zero-order valence-electron chi connectivity index (χ0n) is 16.7. The van der Waals surface area contributed by atoms with E-state index in [-0.39, 0.29) is 28.0 Å². The van der Waals surface area contributed by atoms with Gasteiger partial charge in [-0.1, -0.05) is 41.2 Å². The minimum atomic E-state index is -3.86. The molecule has 158 valence electrons. The minimum absolute atomic E-state index is 0.0625. The van der Waals surface area contributed by atoms with Gasteiger partial charge in [0.1, 0.15) is 5.75 Å². The van der Waals surface area contributed by atoms with Crippen LogP contribution in [0, 0.1) is 6.92 Å². The Hall–Kier alpha value is -2.82. The number of nitrogens with one attached hydrogen (secondary N) is 2. The van der Waals surface area contributed by atoms with Crippen molar-refractivity contribution in [3.63, 3.8) is 0 Å². The van der Waals surface area contributed by atoms with Crippen LogP contribution in [0.25, 0.3) is 0 Å².